The maximum Gasteiger partial charge on any atom is 0.253 e. The summed E-state index contributed by atoms with van der Waals surface area (Å²) in [5, 5.41) is 9.12. The van der Waals surface area contributed by atoms with Gasteiger partial charge < -0.3 is 4.90 Å². The molecule has 22 heavy (non-hydrogen) atoms. The van der Waals surface area contributed by atoms with E-state index in [2.05, 4.69) is 5.38 Å². The Balaban J connectivity index is 2.10. The zero-order valence-electron chi connectivity index (χ0n) is 12.4. The number of hydrogen-bond acceptors (Lipinski definition) is 4. The van der Waals surface area contributed by atoms with Crippen LogP contribution < -0.4 is 5.14 Å². The molecule has 0 radical (unpaired) electrons. The average Bonchev–Trinajstić information content (AvgIpc) is 2.97. The van der Waals surface area contributed by atoms with Crippen LogP contribution in [-0.4, -0.2) is 32.3 Å². The molecule has 1 amide bonds. The summed E-state index contributed by atoms with van der Waals surface area (Å²) in [6, 6.07) is 7.74. The molecule has 0 aliphatic rings. The van der Waals surface area contributed by atoms with E-state index in [1.165, 1.54) is 29.8 Å². The van der Waals surface area contributed by atoms with Gasteiger partial charge in [-0.15, -0.1) is 0 Å². The third-order valence-electron chi connectivity index (χ3n) is 3.52. The van der Waals surface area contributed by atoms with Gasteiger partial charge in [0.25, 0.3) is 5.91 Å². The molecule has 1 heterocycles. The van der Waals surface area contributed by atoms with Gasteiger partial charge in [-0.05, 0) is 60.0 Å². The van der Waals surface area contributed by atoms with Gasteiger partial charge in [0.15, 0.2) is 0 Å². The summed E-state index contributed by atoms with van der Waals surface area (Å²) in [5.74, 6) is -0.149. The summed E-state index contributed by atoms with van der Waals surface area (Å²) in [4.78, 5) is 14.1. The van der Waals surface area contributed by atoms with Crippen LogP contribution in [0.25, 0.3) is 0 Å². The minimum atomic E-state index is -3.74. The highest BCUT2D eigenvalue weighted by Gasteiger charge is 2.18. The van der Waals surface area contributed by atoms with Crippen LogP contribution in [0.15, 0.2) is 46.0 Å². The number of nitrogens with two attached hydrogens (primary N) is 1. The molecule has 0 fully saturated rings. The van der Waals surface area contributed by atoms with Crippen molar-refractivity contribution in [2.24, 2.45) is 5.14 Å². The quantitative estimate of drug-likeness (QED) is 0.906. The highest BCUT2D eigenvalue weighted by atomic mass is 32.2. The predicted molar refractivity (Wildman–Crippen MR) is 87.4 cm³/mol. The normalized spacial score (nSPS) is 12.9. The van der Waals surface area contributed by atoms with E-state index in [1.807, 2.05) is 18.4 Å². The standard InChI is InChI=1S/C15H18N2O3S2/c1-11(9-12-7-8-21-10-12)17(2)15(18)13-3-5-14(6-4-13)22(16,19)20/h3-8,10-11H,9H2,1-2H3,(H2,16,19,20). The lowest BCUT2D eigenvalue weighted by atomic mass is 10.1. The number of carbonyl (C=O) groups is 1. The van der Waals surface area contributed by atoms with Gasteiger partial charge in [0.2, 0.25) is 10.0 Å². The second-order valence-electron chi connectivity index (χ2n) is 5.17. The molecule has 0 bridgehead atoms. The summed E-state index contributed by atoms with van der Waals surface area (Å²) in [6.07, 6.45) is 0.779. The van der Waals surface area contributed by atoms with Crippen molar-refractivity contribution in [1.82, 2.24) is 4.90 Å². The molecule has 5 nitrogen and oxygen atoms in total. The first-order valence-corrected chi connectivity index (χ1v) is 9.19. The molecule has 0 spiro atoms. The number of likely N-dealkylation sites (N-methyl/N-ethyl adjacent to an activating group) is 1. The van der Waals surface area contributed by atoms with E-state index in [-0.39, 0.29) is 16.8 Å². The maximum absolute atomic E-state index is 12.4. The van der Waals surface area contributed by atoms with E-state index in [1.54, 1.807) is 23.3 Å². The van der Waals surface area contributed by atoms with Crippen molar-refractivity contribution in [3.05, 3.63) is 52.2 Å². The number of amides is 1. The maximum atomic E-state index is 12.4. The fourth-order valence-corrected chi connectivity index (χ4v) is 3.27. The third kappa shape index (κ3) is 3.94. The average molecular weight is 338 g/mol. The Labute approximate surface area is 134 Å². The first kappa shape index (κ1) is 16.7. The van der Waals surface area contributed by atoms with Gasteiger partial charge in [0.05, 0.1) is 4.90 Å². The van der Waals surface area contributed by atoms with Crippen LogP contribution in [-0.2, 0) is 16.4 Å². The second kappa shape index (κ2) is 6.60. The Hall–Kier alpha value is -1.70. The van der Waals surface area contributed by atoms with E-state index >= 15 is 0 Å². The van der Waals surface area contributed by atoms with Crippen molar-refractivity contribution >= 4 is 27.3 Å². The number of primary sulfonamides is 1. The Morgan fingerprint density at radius 2 is 1.91 bits per heavy atom. The molecule has 7 heteroatoms. The Morgan fingerprint density at radius 3 is 2.41 bits per heavy atom. The first-order valence-electron chi connectivity index (χ1n) is 6.70. The zero-order valence-corrected chi connectivity index (χ0v) is 14.0. The Kier molecular flexibility index (Phi) is 5.00. The number of benzene rings is 1. The predicted octanol–water partition coefficient (Wildman–Crippen LogP) is 2.10. The zero-order chi connectivity index (χ0) is 16.3. The lowest BCUT2D eigenvalue weighted by Gasteiger charge is -2.25. The minimum absolute atomic E-state index is 0.00183. The van der Waals surface area contributed by atoms with Crippen LogP contribution >= 0.6 is 11.3 Å². The molecular weight excluding hydrogens is 320 g/mol. The lowest BCUT2D eigenvalue weighted by molar-refractivity contribution is 0.0743. The van der Waals surface area contributed by atoms with Crippen molar-refractivity contribution in [2.75, 3.05) is 7.05 Å². The van der Waals surface area contributed by atoms with Crippen LogP contribution in [0.3, 0.4) is 0 Å². The van der Waals surface area contributed by atoms with Crippen LogP contribution in [0.4, 0.5) is 0 Å². The van der Waals surface area contributed by atoms with Crippen LogP contribution in [0, 0.1) is 0 Å². The highest BCUT2D eigenvalue weighted by Crippen LogP contribution is 2.15. The first-order chi connectivity index (χ1) is 10.3. The second-order valence-corrected chi connectivity index (χ2v) is 7.51. The highest BCUT2D eigenvalue weighted by molar-refractivity contribution is 7.89. The molecule has 0 aliphatic heterocycles. The smallest absolute Gasteiger partial charge is 0.253 e. The van der Waals surface area contributed by atoms with Crippen molar-refractivity contribution in [3.8, 4) is 0 Å². The fraction of sp³-hybridized carbons (Fsp3) is 0.267. The Bertz CT molecular complexity index is 738. The van der Waals surface area contributed by atoms with Crippen molar-refractivity contribution < 1.29 is 13.2 Å². The van der Waals surface area contributed by atoms with E-state index in [4.69, 9.17) is 5.14 Å². The lowest BCUT2D eigenvalue weighted by Crippen LogP contribution is -2.36. The number of carbonyl (C=O) groups excluding carboxylic acids is 1. The largest absolute Gasteiger partial charge is 0.339 e. The summed E-state index contributed by atoms with van der Waals surface area (Å²) >= 11 is 1.63. The molecule has 1 atom stereocenters. The van der Waals surface area contributed by atoms with E-state index < -0.39 is 10.0 Å². The molecule has 1 unspecified atom stereocenters. The van der Waals surface area contributed by atoms with Gasteiger partial charge in [0, 0.05) is 18.7 Å². The molecule has 1 aromatic carbocycles. The molecule has 0 saturated carbocycles. The molecule has 2 N–H and O–H groups in total. The van der Waals surface area contributed by atoms with Crippen molar-refractivity contribution in [3.63, 3.8) is 0 Å². The Morgan fingerprint density at radius 1 is 1.27 bits per heavy atom. The van der Waals surface area contributed by atoms with E-state index in [0.717, 1.165) is 6.42 Å². The SMILES string of the molecule is CC(Cc1ccsc1)N(C)C(=O)c1ccc(S(N)(=O)=O)cc1. The summed E-state index contributed by atoms with van der Waals surface area (Å²) < 4.78 is 22.4. The molecule has 0 saturated heterocycles. The van der Waals surface area contributed by atoms with E-state index in [0.29, 0.717) is 5.56 Å². The van der Waals surface area contributed by atoms with Gasteiger partial charge in [-0.3, -0.25) is 4.79 Å². The molecule has 118 valence electrons. The monoisotopic (exact) mass is 338 g/mol. The molecular formula is C15H18N2O3S2. The molecule has 1 aromatic heterocycles. The molecule has 2 aromatic rings. The van der Waals surface area contributed by atoms with Gasteiger partial charge >= 0.3 is 0 Å². The van der Waals surface area contributed by atoms with E-state index in [9.17, 15) is 13.2 Å². The number of hydrogen-bond donors (Lipinski definition) is 1. The molecule has 2 rings (SSSR count). The fourth-order valence-electron chi connectivity index (χ4n) is 2.08. The summed E-state index contributed by atoms with van der Waals surface area (Å²) in [5.41, 5.74) is 1.63. The number of sulfonamides is 1. The van der Waals surface area contributed by atoms with Crippen LogP contribution in [0.1, 0.15) is 22.8 Å². The number of nitrogens with zero attached hydrogens (tertiary/aromatic N) is 1. The number of thiophene rings is 1. The van der Waals surface area contributed by atoms with Crippen LogP contribution in [0.2, 0.25) is 0 Å². The van der Waals surface area contributed by atoms with Crippen LogP contribution in [0.5, 0.6) is 0 Å². The van der Waals surface area contributed by atoms with Gasteiger partial charge in [-0.1, -0.05) is 0 Å². The number of rotatable bonds is 5. The van der Waals surface area contributed by atoms with Gasteiger partial charge in [-0.2, -0.15) is 11.3 Å². The van der Waals surface area contributed by atoms with Crippen molar-refractivity contribution in [2.45, 2.75) is 24.3 Å². The van der Waals surface area contributed by atoms with Crippen molar-refractivity contribution in [1.29, 1.82) is 0 Å². The molecule has 0 aliphatic carbocycles. The van der Waals surface area contributed by atoms with Gasteiger partial charge in [0.1, 0.15) is 0 Å². The third-order valence-corrected chi connectivity index (χ3v) is 5.18. The van der Waals surface area contributed by atoms with Gasteiger partial charge in [-0.25, -0.2) is 13.6 Å². The topological polar surface area (TPSA) is 80.5 Å². The summed E-state index contributed by atoms with van der Waals surface area (Å²) in [6.45, 7) is 1.98. The summed E-state index contributed by atoms with van der Waals surface area (Å²) in [7, 11) is -2.00. The minimum Gasteiger partial charge on any atom is -0.339 e.